The first kappa shape index (κ1) is 16.4. The van der Waals surface area contributed by atoms with Crippen LogP contribution in [0.5, 0.6) is 0 Å². The molecule has 3 N–H and O–H groups in total. The van der Waals surface area contributed by atoms with Crippen molar-refractivity contribution in [2.24, 2.45) is 0 Å². The lowest BCUT2D eigenvalue weighted by molar-refractivity contribution is -0.117. The molecule has 0 saturated carbocycles. The van der Waals surface area contributed by atoms with Gasteiger partial charge in [0.15, 0.2) is 0 Å². The SMILES string of the molecule is CCc1cccc(NC(=O)CN2CCCC(c3n[nH]c(=O)[nH]3)C2)c1. The van der Waals surface area contributed by atoms with Crippen LogP contribution in [0.25, 0.3) is 0 Å². The summed E-state index contributed by atoms with van der Waals surface area (Å²) in [6.07, 6.45) is 2.90. The minimum absolute atomic E-state index is 0.0144. The molecule has 1 fully saturated rings. The van der Waals surface area contributed by atoms with Gasteiger partial charge in [0.1, 0.15) is 5.82 Å². The van der Waals surface area contributed by atoms with Gasteiger partial charge in [-0.05, 0) is 43.5 Å². The second-order valence-corrected chi connectivity index (χ2v) is 6.24. The highest BCUT2D eigenvalue weighted by atomic mass is 16.2. The third-order valence-corrected chi connectivity index (χ3v) is 4.40. The molecule has 0 aliphatic carbocycles. The molecular weight excluding hydrogens is 306 g/mol. The number of aryl methyl sites for hydroxylation is 1. The maximum absolute atomic E-state index is 12.3. The molecule has 1 aliphatic rings. The number of nitrogens with one attached hydrogen (secondary N) is 3. The largest absolute Gasteiger partial charge is 0.340 e. The van der Waals surface area contributed by atoms with Crippen molar-refractivity contribution in [2.45, 2.75) is 32.1 Å². The molecule has 0 bridgehead atoms. The fourth-order valence-electron chi connectivity index (χ4n) is 3.17. The van der Waals surface area contributed by atoms with Gasteiger partial charge in [0.05, 0.1) is 6.54 Å². The zero-order chi connectivity index (χ0) is 16.9. The number of hydrogen-bond donors (Lipinski definition) is 3. The van der Waals surface area contributed by atoms with Gasteiger partial charge in [0.2, 0.25) is 5.91 Å². The molecule has 3 rings (SSSR count). The third kappa shape index (κ3) is 4.11. The van der Waals surface area contributed by atoms with E-state index in [9.17, 15) is 9.59 Å². The van der Waals surface area contributed by atoms with Gasteiger partial charge in [-0.1, -0.05) is 19.1 Å². The van der Waals surface area contributed by atoms with Crippen LogP contribution in [-0.4, -0.2) is 45.6 Å². The number of carbonyl (C=O) groups is 1. The molecular formula is C17H23N5O2. The Hall–Kier alpha value is -2.41. The van der Waals surface area contributed by atoms with Gasteiger partial charge in [-0.25, -0.2) is 9.89 Å². The molecule has 2 heterocycles. The van der Waals surface area contributed by atoms with Crippen molar-refractivity contribution < 1.29 is 4.79 Å². The van der Waals surface area contributed by atoms with E-state index in [1.165, 1.54) is 5.56 Å². The Balaban J connectivity index is 1.56. The van der Waals surface area contributed by atoms with Crippen LogP contribution in [0.4, 0.5) is 5.69 Å². The molecule has 1 aliphatic heterocycles. The van der Waals surface area contributed by atoms with E-state index in [0.29, 0.717) is 12.4 Å². The first-order valence-corrected chi connectivity index (χ1v) is 8.39. The van der Waals surface area contributed by atoms with Gasteiger partial charge in [0, 0.05) is 18.2 Å². The van der Waals surface area contributed by atoms with Crippen LogP contribution in [0.15, 0.2) is 29.1 Å². The maximum Gasteiger partial charge on any atom is 0.340 e. The number of amides is 1. The van der Waals surface area contributed by atoms with E-state index in [0.717, 1.165) is 38.0 Å². The molecule has 128 valence electrons. The zero-order valence-corrected chi connectivity index (χ0v) is 13.8. The predicted molar refractivity (Wildman–Crippen MR) is 92.1 cm³/mol. The number of nitrogens with zero attached hydrogens (tertiary/aromatic N) is 2. The summed E-state index contributed by atoms with van der Waals surface area (Å²) in [4.78, 5) is 28.3. The Labute approximate surface area is 140 Å². The Morgan fingerprint density at radius 2 is 2.33 bits per heavy atom. The van der Waals surface area contributed by atoms with Gasteiger partial charge in [-0.3, -0.25) is 14.7 Å². The summed E-state index contributed by atoms with van der Waals surface area (Å²) in [7, 11) is 0. The molecule has 1 atom stereocenters. The lowest BCUT2D eigenvalue weighted by Crippen LogP contribution is -2.40. The highest BCUT2D eigenvalue weighted by molar-refractivity contribution is 5.92. The van der Waals surface area contributed by atoms with E-state index in [-0.39, 0.29) is 17.5 Å². The van der Waals surface area contributed by atoms with Crippen LogP contribution >= 0.6 is 0 Å². The average molecular weight is 329 g/mol. The number of H-pyrrole nitrogens is 2. The Morgan fingerprint density at radius 3 is 3.08 bits per heavy atom. The van der Waals surface area contributed by atoms with E-state index < -0.39 is 0 Å². The molecule has 0 radical (unpaired) electrons. The van der Waals surface area contributed by atoms with Crippen LogP contribution < -0.4 is 11.0 Å². The smallest absolute Gasteiger partial charge is 0.325 e. The van der Waals surface area contributed by atoms with Crippen LogP contribution in [0.3, 0.4) is 0 Å². The third-order valence-electron chi connectivity index (χ3n) is 4.40. The van der Waals surface area contributed by atoms with E-state index >= 15 is 0 Å². The fourth-order valence-corrected chi connectivity index (χ4v) is 3.17. The van der Waals surface area contributed by atoms with Gasteiger partial charge in [-0.15, -0.1) is 0 Å². The fraction of sp³-hybridized carbons (Fsp3) is 0.471. The molecule has 1 amide bonds. The summed E-state index contributed by atoms with van der Waals surface area (Å²) < 4.78 is 0. The quantitative estimate of drug-likeness (QED) is 0.774. The zero-order valence-electron chi connectivity index (χ0n) is 13.8. The molecule has 7 heteroatoms. The number of rotatable bonds is 5. The molecule has 7 nitrogen and oxygen atoms in total. The van der Waals surface area contributed by atoms with Crippen molar-refractivity contribution in [3.05, 3.63) is 46.1 Å². The number of hydrogen-bond acceptors (Lipinski definition) is 4. The number of likely N-dealkylation sites (tertiary alicyclic amines) is 1. The van der Waals surface area contributed by atoms with Crippen LogP contribution in [0.1, 0.15) is 37.1 Å². The summed E-state index contributed by atoms with van der Waals surface area (Å²) in [5.41, 5.74) is 1.76. The highest BCUT2D eigenvalue weighted by Crippen LogP contribution is 2.23. The number of benzene rings is 1. The van der Waals surface area contributed by atoms with Crippen molar-refractivity contribution in [1.29, 1.82) is 0 Å². The Kier molecular flexibility index (Phi) is 5.10. The summed E-state index contributed by atoms with van der Waals surface area (Å²) in [5, 5.41) is 9.39. The van der Waals surface area contributed by atoms with E-state index in [1.54, 1.807) is 0 Å². The van der Waals surface area contributed by atoms with Gasteiger partial charge in [0.25, 0.3) is 0 Å². The van der Waals surface area contributed by atoms with E-state index in [4.69, 9.17) is 0 Å². The van der Waals surface area contributed by atoms with Crippen LogP contribution in [0.2, 0.25) is 0 Å². The molecule has 0 spiro atoms. The second-order valence-electron chi connectivity index (χ2n) is 6.24. The lowest BCUT2D eigenvalue weighted by Gasteiger charge is -2.30. The molecule has 1 aromatic heterocycles. The monoisotopic (exact) mass is 329 g/mol. The number of piperidine rings is 1. The number of carbonyl (C=O) groups excluding carboxylic acids is 1. The van der Waals surface area contributed by atoms with Crippen molar-refractivity contribution in [1.82, 2.24) is 20.1 Å². The number of aromatic nitrogens is 3. The topological polar surface area (TPSA) is 93.9 Å². The minimum Gasteiger partial charge on any atom is -0.325 e. The summed E-state index contributed by atoms with van der Waals surface area (Å²) in [6, 6.07) is 7.92. The molecule has 24 heavy (non-hydrogen) atoms. The normalized spacial score (nSPS) is 18.5. The molecule has 1 saturated heterocycles. The Bertz CT molecular complexity index is 751. The first-order valence-electron chi connectivity index (χ1n) is 8.39. The molecule has 2 aromatic rings. The number of aromatic amines is 2. The van der Waals surface area contributed by atoms with Crippen molar-refractivity contribution >= 4 is 11.6 Å². The van der Waals surface area contributed by atoms with Crippen LogP contribution in [0, 0.1) is 0 Å². The van der Waals surface area contributed by atoms with Crippen LogP contribution in [-0.2, 0) is 11.2 Å². The molecule has 1 unspecified atom stereocenters. The molecule has 1 aromatic carbocycles. The van der Waals surface area contributed by atoms with Gasteiger partial charge < -0.3 is 5.32 Å². The van der Waals surface area contributed by atoms with Crippen molar-refractivity contribution in [3.63, 3.8) is 0 Å². The van der Waals surface area contributed by atoms with Gasteiger partial charge >= 0.3 is 5.69 Å². The Morgan fingerprint density at radius 1 is 1.46 bits per heavy atom. The predicted octanol–water partition coefficient (Wildman–Crippen LogP) is 1.48. The summed E-state index contributed by atoms with van der Waals surface area (Å²) in [5.74, 6) is 0.828. The maximum atomic E-state index is 12.3. The summed E-state index contributed by atoms with van der Waals surface area (Å²) >= 11 is 0. The second kappa shape index (κ2) is 7.44. The average Bonchev–Trinajstić information content (AvgIpc) is 3.02. The highest BCUT2D eigenvalue weighted by Gasteiger charge is 2.25. The first-order chi connectivity index (χ1) is 11.6. The summed E-state index contributed by atoms with van der Waals surface area (Å²) in [6.45, 7) is 4.05. The number of anilines is 1. The standard InChI is InChI=1S/C17H23N5O2/c1-2-12-5-3-7-14(9-12)18-15(23)11-22-8-4-6-13(10-22)16-19-17(24)21-20-16/h3,5,7,9,13H,2,4,6,8,10-11H2,1H3,(H,18,23)(H2,19,20,21,24). The van der Waals surface area contributed by atoms with Gasteiger partial charge in [-0.2, -0.15) is 5.10 Å². The van der Waals surface area contributed by atoms with E-state index in [2.05, 4.69) is 38.4 Å². The van der Waals surface area contributed by atoms with Crippen molar-refractivity contribution in [2.75, 3.05) is 25.0 Å². The minimum atomic E-state index is -0.282. The lowest BCUT2D eigenvalue weighted by atomic mass is 9.97. The van der Waals surface area contributed by atoms with E-state index in [1.807, 2.05) is 18.2 Å². The van der Waals surface area contributed by atoms with Crippen molar-refractivity contribution in [3.8, 4) is 0 Å².